The molecule has 0 radical (unpaired) electrons. The largest absolute Gasteiger partial charge is 0.393 e. The van der Waals surface area contributed by atoms with Gasteiger partial charge in [0, 0.05) is 0 Å². The maximum absolute atomic E-state index is 9.62. The van der Waals surface area contributed by atoms with Crippen LogP contribution in [-0.4, -0.2) is 11.2 Å². The lowest BCUT2D eigenvalue weighted by Crippen LogP contribution is -2.21. The van der Waals surface area contributed by atoms with Crippen molar-refractivity contribution >= 4 is 0 Å². The van der Waals surface area contributed by atoms with Gasteiger partial charge in [0.1, 0.15) is 0 Å². The predicted molar refractivity (Wildman–Crippen MR) is 49.5 cm³/mol. The van der Waals surface area contributed by atoms with Crippen LogP contribution in [0.1, 0.15) is 47.0 Å². The van der Waals surface area contributed by atoms with Crippen molar-refractivity contribution in [3.8, 4) is 0 Å². The zero-order valence-electron chi connectivity index (χ0n) is 8.30. The van der Waals surface area contributed by atoms with E-state index in [4.69, 9.17) is 0 Å². The van der Waals surface area contributed by atoms with E-state index in [0.717, 1.165) is 12.8 Å². The average molecular weight is 158 g/mol. The monoisotopic (exact) mass is 158 g/mol. The first kappa shape index (κ1) is 11.0. The summed E-state index contributed by atoms with van der Waals surface area (Å²) in [6, 6.07) is 0. The Kier molecular flexibility index (Phi) is 5.57. The van der Waals surface area contributed by atoms with Gasteiger partial charge in [0.05, 0.1) is 6.10 Å². The highest BCUT2D eigenvalue weighted by atomic mass is 16.3. The van der Waals surface area contributed by atoms with Crippen molar-refractivity contribution < 1.29 is 5.11 Å². The van der Waals surface area contributed by atoms with Crippen LogP contribution in [-0.2, 0) is 0 Å². The Hall–Kier alpha value is -0.0400. The quantitative estimate of drug-likeness (QED) is 0.652. The van der Waals surface area contributed by atoms with Crippen LogP contribution in [0, 0.1) is 11.8 Å². The number of rotatable bonds is 5. The fourth-order valence-corrected chi connectivity index (χ4v) is 1.12. The number of aliphatic hydroxyl groups excluding tert-OH is 1. The molecule has 0 heterocycles. The van der Waals surface area contributed by atoms with Gasteiger partial charge in [-0.25, -0.2) is 0 Å². The molecule has 0 amide bonds. The van der Waals surface area contributed by atoms with Crippen LogP contribution in [0.15, 0.2) is 0 Å². The van der Waals surface area contributed by atoms with E-state index in [9.17, 15) is 5.11 Å². The van der Waals surface area contributed by atoms with Crippen LogP contribution in [0.25, 0.3) is 0 Å². The third-order valence-corrected chi connectivity index (χ3v) is 2.51. The molecule has 0 bridgehead atoms. The molecule has 0 aliphatic rings. The normalized spacial score (nSPS) is 16.9. The topological polar surface area (TPSA) is 20.2 Å². The minimum absolute atomic E-state index is 0.0880. The van der Waals surface area contributed by atoms with Crippen molar-refractivity contribution in [2.24, 2.45) is 11.8 Å². The van der Waals surface area contributed by atoms with Gasteiger partial charge in [-0.1, -0.05) is 40.5 Å². The van der Waals surface area contributed by atoms with Crippen LogP contribution < -0.4 is 0 Å². The molecule has 11 heavy (non-hydrogen) atoms. The lowest BCUT2D eigenvalue weighted by molar-refractivity contribution is 0.0818. The summed E-state index contributed by atoms with van der Waals surface area (Å²) in [5.41, 5.74) is 0. The summed E-state index contributed by atoms with van der Waals surface area (Å²) in [4.78, 5) is 0. The molecule has 0 saturated carbocycles. The van der Waals surface area contributed by atoms with Gasteiger partial charge in [0.25, 0.3) is 0 Å². The average Bonchev–Trinajstić information content (AvgIpc) is 1.98. The highest BCUT2D eigenvalue weighted by Gasteiger charge is 2.16. The second-order valence-electron chi connectivity index (χ2n) is 3.81. The van der Waals surface area contributed by atoms with Gasteiger partial charge in [0.2, 0.25) is 0 Å². The van der Waals surface area contributed by atoms with E-state index in [-0.39, 0.29) is 6.10 Å². The van der Waals surface area contributed by atoms with E-state index in [1.807, 2.05) is 0 Å². The molecule has 0 rings (SSSR count). The van der Waals surface area contributed by atoms with Gasteiger partial charge in [-0.2, -0.15) is 0 Å². The minimum atomic E-state index is -0.0880. The molecule has 1 nitrogen and oxygen atoms in total. The summed E-state index contributed by atoms with van der Waals surface area (Å²) >= 11 is 0. The smallest absolute Gasteiger partial charge is 0.0568 e. The van der Waals surface area contributed by atoms with E-state index in [1.54, 1.807) is 0 Å². The number of unbranched alkanes of at least 4 members (excludes halogenated alkanes) is 1. The molecule has 0 aromatic carbocycles. The highest BCUT2D eigenvalue weighted by Crippen LogP contribution is 2.18. The van der Waals surface area contributed by atoms with E-state index < -0.39 is 0 Å². The third kappa shape index (κ3) is 4.41. The number of hydrogen-bond acceptors (Lipinski definition) is 1. The Morgan fingerprint density at radius 3 is 2.09 bits per heavy atom. The van der Waals surface area contributed by atoms with Crippen molar-refractivity contribution in [3.63, 3.8) is 0 Å². The summed E-state index contributed by atoms with van der Waals surface area (Å²) in [6.45, 7) is 8.62. The summed E-state index contributed by atoms with van der Waals surface area (Å²) in [5.74, 6) is 1.04. The summed E-state index contributed by atoms with van der Waals surface area (Å²) in [7, 11) is 0. The molecule has 0 aliphatic heterocycles. The second-order valence-corrected chi connectivity index (χ2v) is 3.81. The van der Waals surface area contributed by atoms with Gasteiger partial charge in [0.15, 0.2) is 0 Å². The molecule has 0 spiro atoms. The van der Waals surface area contributed by atoms with Gasteiger partial charge in [-0.3, -0.25) is 0 Å². The fourth-order valence-electron chi connectivity index (χ4n) is 1.12. The van der Waals surface area contributed by atoms with Crippen LogP contribution in [0.5, 0.6) is 0 Å². The second kappa shape index (κ2) is 5.59. The fraction of sp³-hybridized carbons (Fsp3) is 1.00. The molecule has 68 valence electrons. The Morgan fingerprint density at radius 2 is 1.73 bits per heavy atom. The zero-order valence-corrected chi connectivity index (χ0v) is 8.30. The Morgan fingerprint density at radius 1 is 1.18 bits per heavy atom. The molecule has 0 aromatic heterocycles. The highest BCUT2D eigenvalue weighted by molar-refractivity contribution is 4.66. The zero-order chi connectivity index (χ0) is 8.85. The molecule has 1 N–H and O–H groups in total. The first-order valence-electron chi connectivity index (χ1n) is 4.77. The molecule has 1 heteroatoms. The maximum Gasteiger partial charge on any atom is 0.0568 e. The maximum atomic E-state index is 9.62. The van der Waals surface area contributed by atoms with E-state index in [2.05, 4.69) is 27.7 Å². The van der Waals surface area contributed by atoms with Gasteiger partial charge >= 0.3 is 0 Å². The Balaban J connectivity index is 3.55. The summed E-state index contributed by atoms with van der Waals surface area (Å²) in [5, 5.41) is 9.62. The SMILES string of the molecule is CCCCC(O)C(C)C(C)C. The molecule has 0 aromatic rings. The summed E-state index contributed by atoms with van der Waals surface area (Å²) in [6.07, 6.45) is 3.21. The van der Waals surface area contributed by atoms with Crippen LogP contribution in [0.4, 0.5) is 0 Å². The lowest BCUT2D eigenvalue weighted by atomic mass is 9.90. The van der Waals surface area contributed by atoms with E-state index >= 15 is 0 Å². The van der Waals surface area contributed by atoms with Gasteiger partial charge in [-0.15, -0.1) is 0 Å². The van der Waals surface area contributed by atoms with Crippen molar-refractivity contribution in [1.29, 1.82) is 0 Å². The van der Waals surface area contributed by atoms with Gasteiger partial charge in [-0.05, 0) is 18.3 Å². The molecule has 0 aliphatic carbocycles. The standard InChI is InChI=1S/C10H22O/c1-5-6-7-10(11)9(4)8(2)3/h8-11H,5-7H2,1-4H3. The molecule has 0 fully saturated rings. The van der Waals surface area contributed by atoms with Crippen molar-refractivity contribution in [1.82, 2.24) is 0 Å². The lowest BCUT2D eigenvalue weighted by Gasteiger charge is -2.21. The van der Waals surface area contributed by atoms with Crippen LogP contribution >= 0.6 is 0 Å². The Bertz CT molecular complexity index is 88.9. The first-order valence-corrected chi connectivity index (χ1v) is 4.77. The van der Waals surface area contributed by atoms with Crippen molar-refractivity contribution in [2.45, 2.75) is 53.1 Å². The molecule has 2 unspecified atom stereocenters. The molecule has 2 atom stereocenters. The minimum Gasteiger partial charge on any atom is -0.393 e. The Labute approximate surface area is 70.8 Å². The van der Waals surface area contributed by atoms with Crippen molar-refractivity contribution in [2.75, 3.05) is 0 Å². The first-order chi connectivity index (χ1) is 5.09. The number of aliphatic hydroxyl groups is 1. The predicted octanol–water partition coefficient (Wildman–Crippen LogP) is 2.83. The third-order valence-electron chi connectivity index (χ3n) is 2.51. The molecule has 0 saturated heterocycles. The molecular formula is C10H22O. The summed E-state index contributed by atoms with van der Waals surface area (Å²) < 4.78 is 0. The van der Waals surface area contributed by atoms with Crippen LogP contribution in [0.3, 0.4) is 0 Å². The van der Waals surface area contributed by atoms with E-state index in [0.29, 0.717) is 11.8 Å². The van der Waals surface area contributed by atoms with Gasteiger partial charge < -0.3 is 5.11 Å². The van der Waals surface area contributed by atoms with Crippen molar-refractivity contribution in [3.05, 3.63) is 0 Å². The van der Waals surface area contributed by atoms with Crippen LogP contribution in [0.2, 0.25) is 0 Å². The molecular weight excluding hydrogens is 136 g/mol. The number of hydrogen-bond donors (Lipinski definition) is 1. The van der Waals surface area contributed by atoms with E-state index in [1.165, 1.54) is 6.42 Å².